The van der Waals surface area contributed by atoms with Gasteiger partial charge in [0, 0.05) is 28.2 Å². The van der Waals surface area contributed by atoms with Gasteiger partial charge in [-0.1, -0.05) is 34.1 Å². The third kappa shape index (κ3) is 3.78. The van der Waals surface area contributed by atoms with Gasteiger partial charge in [-0.3, -0.25) is 9.48 Å². The summed E-state index contributed by atoms with van der Waals surface area (Å²) in [6.07, 6.45) is 1.92. The molecule has 0 spiro atoms. The van der Waals surface area contributed by atoms with Gasteiger partial charge in [0.25, 0.3) is 5.91 Å². The number of nitrogens with one attached hydrogen (secondary N) is 1. The maximum atomic E-state index is 14.2. The number of carbonyl (C=O) groups excluding carboxylic acids is 1. The van der Waals surface area contributed by atoms with E-state index in [1.807, 2.05) is 49.0 Å². The van der Waals surface area contributed by atoms with Crippen LogP contribution in [-0.2, 0) is 6.54 Å². The van der Waals surface area contributed by atoms with E-state index in [1.54, 1.807) is 12.1 Å². The van der Waals surface area contributed by atoms with Crippen LogP contribution >= 0.6 is 15.9 Å². The molecule has 4 rings (SSSR count). The molecule has 4 aromatic rings. The minimum atomic E-state index is -0.508. The van der Waals surface area contributed by atoms with Gasteiger partial charge in [-0.15, -0.1) is 0 Å². The van der Waals surface area contributed by atoms with Gasteiger partial charge in [-0.05, 0) is 44.2 Å². The zero-order chi connectivity index (χ0) is 20.5. The molecule has 0 saturated heterocycles. The molecule has 2 aromatic heterocycles. The molecule has 1 amide bonds. The van der Waals surface area contributed by atoms with Crippen LogP contribution in [0, 0.1) is 12.7 Å². The largest absolute Gasteiger partial charge is 0.319 e. The van der Waals surface area contributed by atoms with Crippen LogP contribution in [0.15, 0.2) is 59.2 Å². The number of fused-ring (bicyclic) bond motifs is 1. The molecule has 0 aliphatic rings. The molecule has 2 aromatic carbocycles. The predicted octanol–water partition coefficient (Wildman–Crippen LogP) is 5.58. The van der Waals surface area contributed by atoms with Crippen molar-refractivity contribution in [1.82, 2.24) is 14.8 Å². The van der Waals surface area contributed by atoms with E-state index in [4.69, 9.17) is 4.98 Å². The van der Waals surface area contributed by atoms with Crippen molar-refractivity contribution in [2.24, 2.45) is 0 Å². The molecule has 0 radical (unpaired) electrons. The Morgan fingerprint density at radius 3 is 2.72 bits per heavy atom. The molecule has 1 N–H and O–H groups in total. The molecule has 0 bridgehead atoms. The molecular weight excluding hydrogens is 435 g/mol. The van der Waals surface area contributed by atoms with Gasteiger partial charge in [0.2, 0.25) is 0 Å². The van der Waals surface area contributed by atoms with Crippen molar-refractivity contribution in [2.75, 3.05) is 5.32 Å². The summed E-state index contributed by atoms with van der Waals surface area (Å²) >= 11 is 3.22. The number of para-hydroxylation sites is 1. The zero-order valence-corrected chi connectivity index (χ0v) is 17.5. The molecule has 0 unspecified atom stereocenters. The van der Waals surface area contributed by atoms with Crippen LogP contribution in [0.1, 0.15) is 23.0 Å². The highest BCUT2D eigenvalue weighted by Gasteiger charge is 2.17. The normalized spacial score (nSPS) is 11.0. The summed E-state index contributed by atoms with van der Waals surface area (Å²) in [5.74, 6) is -0.905. The quantitative estimate of drug-likeness (QED) is 0.439. The number of rotatable bonds is 4. The Bertz CT molecular complexity index is 1230. The van der Waals surface area contributed by atoms with Crippen molar-refractivity contribution in [2.45, 2.75) is 20.4 Å². The number of amides is 1. The number of benzene rings is 2. The Labute approximate surface area is 175 Å². The summed E-state index contributed by atoms with van der Waals surface area (Å²) in [7, 11) is 0. The van der Waals surface area contributed by atoms with Crippen molar-refractivity contribution in [3.63, 3.8) is 0 Å². The molecule has 0 aliphatic carbocycles. The first-order valence-corrected chi connectivity index (χ1v) is 9.96. The van der Waals surface area contributed by atoms with E-state index in [-0.39, 0.29) is 5.69 Å². The lowest BCUT2D eigenvalue weighted by Gasteiger charge is -2.11. The third-order valence-corrected chi connectivity index (χ3v) is 5.18. The second kappa shape index (κ2) is 7.75. The average Bonchev–Trinajstić information content (AvgIpc) is 3.10. The second-order valence-electron chi connectivity index (χ2n) is 6.63. The number of halogens is 2. The molecule has 2 heterocycles. The van der Waals surface area contributed by atoms with Crippen LogP contribution in [0.25, 0.3) is 22.2 Å². The highest BCUT2D eigenvalue weighted by atomic mass is 79.9. The van der Waals surface area contributed by atoms with E-state index in [0.29, 0.717) is 26.6 Å². The van der Waals surface area contributed by atoms with Crippen LogP contribution < -0.4 is 5.32 Å². The van der Waals surface area contributed by atoms with Crippen LogP contribution in [-0.4, -0.2) is 20.7 Å². The van der Waals surface area contributed by atoms with Gasteiger partial charge in [0.1, 0.15) is 5.82 Å². The standard InChI is InChI=1S/C22H18BrFN4O/c1-3-28-12-17(13(2)27-28)21-11-16(15-6-4-5-7-19(15)25-21)22(29)26-20-9-8-14(23)10-18(20)24/h4-12H,3H2,1-2H3,(H,26,29). The van der Waals surface area contributed by atoms with Crippen LogP contribution in [0.2, 0.25) is 0 Å². The van der Waals surface area contributed by atoms with Crippen molar-refractivity contribution in [1.29, 1.82) is 0 Å². The van der Waals surface area contributed by atoms with Crippen molar-refractivity contribution < 1.29 is 9.18 Å². The Morgan fingerprint density at radius 1 is 1.21 bits per heavy atom. The molecule has 0 fully saturated rings. The number of aryl methyl sites for hydroxylation is 2. The highest BCUT2D eigenvalue weighted by Crippen LogP contribution is 2.28. The maximum Gasteiger partial charge on any atom is 0.256 e. The Balaban J connectivity index is 1.82. The number of hydrogen-bond donors (Lipinski definition) is 1. The lowest BCUT2D eigenvalue weighted by atomic mass is 10.0. The van der Waals surface area contributed by atoms with E-state index < -0.39 is 11.7 Å². The number of pyridine rings is 1. The highest BCUT2D eigenvalue weighted by molar-refractivity contribution is 9.10. The number of nitrogens with zero attached hydrogens (tertiary/aromatic N) is 3. The maximum absolute atomic E-state index is 14.2. The monoisotopic (exact) mass is 452 g/mol. The van der Waals surface area contributed by atoms with E-state index in [2.05, 4.69) is 26.3 Å². The molecular formula is C22H18BrFN4O. The fourth-order valence-corrected chi connectivity index (χ4v) is 3.55. The predicted molar refractivity (Wildman–Crippen MR) is 115 cm³/mol. The Morgan fingerprint density at radius 2 is 2.00 bits per heavy atom. The third-order valence-electron chi connectivity index (χ3n) is 4.69. The zero-order valence-electron chi connectivity index (χ0n) is 15.9. The van der Waals surface area contributed by atoms with Gasteiger partial charge >= 0.3 is 0 Å². The fraction of sp³-hybridized carbons (Fsp3) is 0.136. The molecule has 0 saturated carbocycles. The molecule has 146 valence electrons. The van der Waals surface area contributed by atoms with Crippen molar-refractivity contribution in [3.05, 3.63) is 76.3 Å². The van der Waals surface area contributed by atoms with Crippen LogP contribution in [0.3, 0.4) is 0 Å². The van der Waals surface area contributed by atoms with Crippen LogP contribution in [0.5, 0.6) is 0 Å². The van der Waals surface area contributed by atoms with Gasteiger partial charge in [0.15, 0.2) is 0 Å². The summed E-state index contributed by atoms with van der Waals surface area (Å²) < 4.78 is 16.6. The topological polar surface area (TPSA) is 59.8 Å². The summed E-state index contributed by atoms with van der Waals surface area (Å²) in [6, 6.07) is 13.7. The minimum absolute atomic E-state index is 0.121. The van der Waals surface area contributed by atoms with E-state index in [9.17, 15) is 9.18 Å². The molecule has 0 atom stereocenters. The summed E-state index contributed by atoms with van der Waals surface area (Å²) in [4.78, 5) is 17.8. The summed E-state index contributed by atoms with van der Waals surface area (Å²) in [5, 5.41) is 7.84. The number of aromatic nitrogens is 3. The molecule has 29 heavy (non-hydrogen) atoms. The number of hydrogen-bond acceptors (Lipinski definition) is 3. The van der Waals surface area contributed by atoms with E-state index in [0.717, 1.165) is 17.8 Å². The first-order valence-electron chi connectivity index (χ1n) is 9.17. The lowest BCUT2D eigenvalue weighted by molar-refractivity contribution is 0.102. The SMILES string of the molecule is CCn1cc(-c2cc(C(=O)Nc3ccc(Br)cc3F)c3ccccc3n2)c(C)n1. The van der Waals surface area contributed by atoms with E-state index in [1.165, 1.54) is 12.1 Å². The molecule has 0 aliphatic heterocycles. The molecule has 5 nitrogen and oxygen atoms in total. The van der Waals surface area contributed by atoms with Gasteiger partial charge in [0.05, 0.1) is 28.2 Å². The fourth-order valence-electron chi connectivity index (χ4n) is 3.21. The van der Waals surface area contributed by atoms with Gasteiger partial charge in [-0.25, -0.2) is 9.37 Å². The lowest BCUT2D eigenvalue weighted by Crippen LogP contribution is -2.14. The first-order chi connectivity index (χ1) is 14.0. The Hall–Kier alpha value is -3.06. The average molecular weight is 453 g/mol. The summed E-state index contributed by atoms with van der Waals surface area (Å²) in [6.45, 7) is 4.66. The number of anilines is 1. The van der Waals surface area contributed by atoms with Gasteiger partial charge < -0.3 is 5.32 Å². The second-order valence-corrected chi connectivity index (χ2v) is 7.55. The Kier molecular flexibility index (Phi) is 5.15. The number of carbonyl (C=O) groups is 1. The smallest absolute Gasteiger partial charge is 0.256 e. The van der Waals surface area contributed by atoms with E-state index >= 15 is 0 Å². The first kappa shape index (κ1) is 19.3. The van der Waals surface area contributed by atoms with Gasteiger partial charge in [-0.2, -0.15) is 5.10 Å². The minimum Gasteiger partial charge on any atom is -0.319 e. The van der Waals surface area contributed by atoms with Crippen LogP contribution in [0.4, 0.5) is 10.1 Å². The van der Waals surface area contributed by atoms with Crippen molar-refractivity contribution in [3.8, 4) is 11.3 Å². The summed E-state index contributed by atoms with van der Waals surface area (Å²) in [5.41, 5.74) is 3.59. The molecule has 7 heteroatoms. The van der Waals surface area contributed by atoms with Crippen molar-refractivity contribution >= 4 is 38.4 Å².